The molecule has 2 aliphatic heterocycles. The number of thioether (sulfide) groups is 1. The summed E-state index contributed by atoms with van der Waals surface area (Å²) in [4.78, 5) is 27.6. The number of nitrogens with zero attached hydrogens (tertiary/aromatic N) is 1. The second-order valence-electron chi connectivity index (χ2n) is 9.79. The summed E-state index contributed by atoms with van der Waals surface area (Å²) in [5.41, 5.74) is 3.17. The Hall–Kier alpha value is -2.87. The standard InChI is InChI=1S/C26H31NO6S/c1-14-10-16-22-18(11-14)33-13-20(26(2,3)4)27(22)25(30)19(12-21(28)29)34-24(16)15-8-7-9-17(31-5)23(15)32-6/h7-11,19-20,24H,12-13H2,1-6H3,(H,28,29)/t19-,20+,24-/m1/s1. The van der Waals surface area contributed by atoms with E-state index in [0.717, 1.165) is 22.4 Å². The third-order valence-electron chi connectivity index (χ3n) is 6.37. The van der Waals surface area contributed by atoms with E-state index >= 15 is 0 Å². The molecule has 0 fully saturated rings. The predicted octanol–water partition coefficient (Wildman–Crippen LogP) is 4.83. The number of aliphatic carboxylic acids is 1. The van der Waals surface area contributed by atoms with Crippen molar-refractivity contribution in [1.82, 2.24) is 0 Å². The van der Waals surface area contributed by atoms with Gasteiger partial charge in [-0.05, 0) is 35.6 Å². The summed E-state index contributed by atoms with van der Waals surface area (Å²) in [6, 6.07) is 9.41. The molecule has 0 aromatic heterocycles. The number of benzene rings is 2. The maximum absolute atomic E-state index is 14.0. The van der Waals surface area contributed by atoms with Crippen LogP contribution in [-0.4, -0.2) is 49.1 Å². The van der Waals surface area contributed by atoms with Gasteiger partial charge in [-0.25, -0.2) is 0 Å². The molecule has 0 saturated carbocycles. The molecule has 34 heavy (non-hydrogen) atoms. The van der Waals surface area contributed by atoms with Gasteiger partial charge >= 0.3 is 5.97 Å². The van der Waals surface area contributed by atoms with Crippen molar-refractivity contribution < 1.29 is 28.9 Å². The van der Waals surface area contributed by atoms with Crippen molar-refractivity contribution in [3.8, 4) is 17.2 Å². The highest BCUT2D eigenvalue weighted by Crippen LogP contribution is 2.55. The van der Waals surface area contributed by atoms with E-state index in [4.69, 9.17) is 14.2 Å². The van der Waals surface area contributed by atoms with E-state index in [2.05, 4.69) is 26.8 Å². The molecule has 3 atom stereocenters. The number of carboxylic acids is 1. The van der Waals surface area contributed by atoms with Crippen LogP contribution in [0.25, 0.3) is 0 Å². The second-order valence-corrected chi connectivity index (χ2v) is 11.1. The highest BCUT2D eigenvalue weighted by Gasteiger charge is 2.47. The first-order valence-electron chi connectivity index (χ1n) is 11.2. The maximum atomic E-state index is 14.0. The molecule has 4 rings (SSSR count). The van der Waals surface area contributed by atoms with Crippen LogP contribution in [-0.2, 0) is 9.59 Å². The molecule has 0 bridgehead atoms. The lowest BCUT2D eigenvalue weighted by Gasteiger charge is -2.44. The average molecular weight is 486 g/mol. The summed E-state index contributed by atoms with van der Waals surface area (Å²) >= 11 is 1.35. The van der Waals surface area contributed by atoms with Gasteiger partial charge in [-0.2, -0.15) is 0 Å². The Balaban J connectivity index is 2.01. The summed E-state index contributed by atoms with van der Waals surface area (Å²) in [6.45, 7) is 8.55. The van der Waals surface area contributed by atoms with Crippen LogP contribution in [0.5, 0.6) is 17.2 Å². The van der Waals surface area contributed by atoms with Gasteiger partial charge in [0.15, 0.2) is 11.5 Å². The molecule has 2 heterocycles. The minimum absolute atomic E-state index is 0.202. The number of carbonyl (C=O) groups is 2. The van der Waals surface area contributed by atoms with Crippen molar-refractivity contribution in [2.45, 2.75) is 50.7 Å². The Morgan fingerprint density at radius 3 is 2.56 bits per heavy atom. The van der Waals surface area contributed by atoms with E-state index in [-0.39, 0.29) is 29.0 Å². The van der Waals surface area contributed by atoms with Gasteiger partial charge in [-0.3, -0.25) is 9.59 Å². The molecule has 0 radical (unpaired) electrons. The lowest BCUT2D eigenvalue weighted by Crippen LogP contribution is -2.55. The third kappa shape index (κ3) is 4.19. The minimum atomic E-state index is -1.01. The fourth-order valence-corrected chi connectivity index (χ4v) is 6.20. The molecule has 0 spiro atoms. The summed E-state index contributed by atoms with van der Waals surface area (Å²) in [5.74, 6) is 0.578. The van der Waals surface area contributed by atoms with Crippen LogP contribution in [0.4, 0.5) is 5.69 Å². The zero-order valence-electron chi connectivity index (χ0n) is 20.4. The molecule has 0 saturated heterocycles. The van der Waals surface area contributed by atoms with Gasteiger partial charge < -0.3 is 24.2 Å². The van der Waals surface area contributed by atoms with Gasteiger partial charge in [0.1, 0.15) is 12.4 Å². The number of hydrogen-bond acceptors (Lipinski definition) is 6. The van der Waals surface area contributed by atoms with Crippen LogP contribution < -0.4 is 19.1 Å². The third-order valence-corrected chi connectivity index (χ3v) is 7.85. The molecule has 2 aliphatic rings. The van der Waals surface area contributed by atoms with Gasteiger partial charge in [0.2, 0.25) is 5.91 Å². The molecule has 1 amide bonds. The zero-order chi connectivity index (χ0) is 24.8. The van der Waals surface area contributed by atoms with E-state index in [9.17, 15) is 14.7 Å². The molecular formula is C26H31NO6S. The summed E-state index contributed by atoms with van der Waals surface area (Å²) in [6.07, 6.45) is -0.275. The van der Waals surface area contributed by atoms with Crippen molar-refractivity contribution in [2.75, 3.05) is 25.7 Å². The van der Waals surface area contributed by atoms with Crippen LogP contribution in [0.15, 0.2) is 30.3 Å². The molecule has 2 aromatic rings. The van der Waals surface area contributed by atoms with Crippen LogP contribution in [0, 0.1) is 12.3 Å². The number of hydrogen-bond donors (Lipinski definition) is 1. The molecule has 0 unspecified atom stereocenters. The quantitative estimate of drug-likeness (QED) is 0.649. The number of carbonyl (C=O) groups excluding carboxylic acids is 1. The van der Waals surface area contributed by atoms with Gasteiger partial charge in [-0.1, -0.05) is 39.0 Å². The number of rotatable bonds is 5. The molecule has 8 heteroatoms. The first-order chi connectivity index (χ1) is 16.1. The molecule has 1 N–H and O–H groups in total. The molecule has 0 aliphatic carbocycles. The van der Waals surface area contributed by atoms with E-state index in [0.29, 0.717) is 23.9 Å². The van der Waals surface area contributed by atoms with Gasteiger partial charge in [-0.15, -0.1) is 11.8 Å². The lowest BCUT2D eigenvalue weighted by molar-refractivity contribution is -0.138. The molecular weight excluding hydrogens is 454 g/mol. The van der Waals surface area contributed by atoms with Crippen molar-refractivity contribution in [2.24, 2.45) is 5.41 Å². The SMILES string of the molecule is COc1cccc([C@H]2S[C@H](CC(=O)O)C(=O)N3c4c(cc(C)cc42)OC[C@H]3C(C)(C)C)c1OC. The fourth-order valence-electron chi connectivity index (χ4n) is 4.74. The number of methoxy groups -OCH3 is 2. The first kappa shape index (κ1) is 24.3. The van der Waals surface area contributed by atoms with Gasteiger partial charge in [0, 0.05) is 5.56 Å². The van der Waals surface area contributed by atoms with Crippen LogP contribution in [0.1, 0.15) is 49.1 Å². The Morgan fingerprint density at radius 1 is 1.21 bits per heavy atom. The highest BCUT2D eigenvalue weighted by molar-refractivity contribution is 8.01. The average Bonchev–Trinajstić information content (AvgIpc) is 2.88. The van der Waals surface area contributed by atoms with Crippen LogP contribution in [0.3, 0.4) is 0 Å². The number of carboxylic acid groups (broad SMARTS) is 1. The van der Waals surface area contributed by atoms with Crippen molar-refractivity contribution in [3.63, 3.8) is 0 Å². The van der Waals surface area contributed by atoms with E-state index in [1.54, 1.807) is 19.1 Å². The number of para-hydroxylation sites is 1. The summed E-state index contributed by atoms with van der Waals surface area (Å²) < 4.78 is 17.5. The highest BCUT2D eigenvalue weighted by atomic mass is 32.2. The molecule has 182 valence electrons. The molecule has 2 aromatic carbocycles. The zero-order valence-corrected chi connectivity index (χ0v) is 21.2. The number of amides is 1. The minimum Gasteiger partial charge on any atom is -0.493 e. The summed E-state index contributed by atoms with van der Waals surface area (Å²) in [5, 5.41) is 8.54. The van der Waals surface area contributed by atoms with E-state index in [1.807, 2.05) is 31.2 Å². The topological polar surface area (TPSA) is 85.3 Å². The second kappa shape index (κ2) is 9.06. The van der Waals surface area contributed by atoms with Crippen LogP contribution >= 0.6 is 11.8 Å². The Kier molecular flexibility index (Phi) is 6.46. The van der Waals surface area contributed by atoms with Crippen molar-refractivity contribution in [1.29, 1.82) is 0 Å². The first-order valence-corrected chi connectivity index (χ1v) is 12.2. The van der Waals surface area contributed by atoms with Crippen molar-refractivity contribution >= 4 is 29.3 Å². The van der Waals surface area contributed by atoms with E-state index in [1.165, 1.54) is 11.8 Å². The Morgan fingerprint density at radius 2 is 1.94 bits per heavy atom. The molecule has 7 nitrogen and oxygen atoms in total. The Bertz CT molecular complexity index is 1130. The predicted molar refractivity (Wildman–Crippen MR) is 132 cm³/mol. The number of anilines is 1. The van der Waals surface area contributed by atoms with Crippen molar-refractivity contribution in [3.05, 3.63) is 47.0 Å². The van der Waals surface area contributed by atoms with Gasteiger partial charge in [0.05, 0.1) is 42.9 Å². The maximum Gasteiger partial charge on any atom is 0.305 e. The monoisotopic (exact) mass is 485 g/mol. The van der Waals surface area contributed by atoms with Gasteiger partial charge in [0.25, 0.3) is 0 Å². The lowest BCUT2D eigenvalue weighted by atomic mass is 9.84. The van der Waals surface area contributed by atoms with Crippen LogP contribution in [0.2, 0.25) is 0 Å². The normalized spacial score (nSPS) is 21.9. The number of aryl methyl sites for hydroxylation is 1. The Labute approximate surface area is 204 Å². The largest absolute Gasteiger partial charge is 0.493 e. The van der Waals surface area contributed by atoms with E-state index < -0.39 is 11.2 Å². The smallest absolute Gasteiger partial charge is 0.305 e. The summed E-state index contributed by atoms with van der Waals surface area (Å²) in [7, 11) is 3.16. The fraction of sp³-hybridized carbons (Fsp3) is 0.462. The number of ether oxygens (including phenoxy) is 3.